The molecule has 4 heteroatoms. The molecule has 0 aromatic heterocycles. The second kappa shape index (κ2) is 7.48. The van der Waals surface area contributed by atoms with Crippen molar-refractivity contribution < 1.29 is 19.6 Å². The molecule has 102 valence electrons. The van der Waals surface area contributed by atoms with Crippen molar-refractivity contribution in [2.75, 3.05) is 19.8 Å². The van der Waals surface area contributed by atoms with E-state index < -0.39 is 5.60 Å². The molecule has 0 heterocycles. The van der Waals surface area contributed by atoms with Crippen LogP contribution in [0.15, 0.2) is 24.3 Å². The Hall–Kier alpha value is -0.940. The molecule has 0 unspecified atom stereocenters. The van der Waals surface area contributed by atoms with Crippen molar-refractivity contribution in [3.63, 3.8) is 0 Å². The van der Waals surface area contributed by atoms with Crippen LogP contribution in [0.5, 0.6) is 0 Å². The normalized spacial score (nSPS) is 11.8. The van der Waals surface area contributed by atoms with Gasteiger partial charge >= 0.3 is 0 Å². The summed E-state index contributed by atoms with van der Waals surface area (Å²) in [6.45, 7) is 8.01. The predicted octanol–water partition coefficient (Wildman–Crippen LogP) is 2.96. The van der Waals surface area contributed by atoms with Crippen LogP contribution >= 0.6 is 0 Å². The van der Waals surface area contributed by atoms with Crippen LogP contribution in [0.2, 0.25) is 0 Å². The van der Waals surface area contributed by atoms with Crippen LogP contribution in [0.4, 0.5) is 0 Å². The Morgan fingerprint density at radius 2 is 1.89 bits per heavy atom. The standard InChI is InChI=1S/C14H22O4/c1-4-16-8-9-17-11-12-6-5-7-13(10-12)14(2,3)18-15/h5-7,10,15H,4,8-9,11H2,1-3H3. The Kier molecular flexibility index (Phi) is 6.29. The molecule has 0 saturated heterocycles. The van der Waals surface area contributed by atoms with Crippen LogP contribution < -0.4 is 0 Å². The van der Waals surface area contributed by atoms with Gasteiger partial charge in [-0.1, -0.05) is 24.3 Å². The van der Waals surface area contributed by atoms with Gasteiger partial charge < -0.3 is 9.47 Å². The van der Waals surface area contributed by atoms with Gasteiger partial charge in [0.25, 0.3) is 0 Å². The highest BCUT2D eigenvalue weighted by atomic mass is 17.1. The molecule has 0 saturated carbocycles. The van der Waals surface area contributed by atoms with Crippen molar-refractivity contribution in [1.82, 2.24) is 0 Å². The lowest BCUT2D eigenvalue weighted by Crippen LogP contribution is -2.19. The fourth-order valence-electron chi connectivity index (χ4n) is 1.54. The van der Waals surface area contributed by atoms with Gasteiger partial charge in [0, 0.05) is 6.61 Å². The maximum atomic E-state index is 8.86. The van der Waals surface area contributed by atoms with Gasteiger partial charge in [-0.15, -0.1) is 0 Å². The van der Waals surface area contributed by atoms with E-state index in [1.54, 1.807) is 0 Å². The molecule has 1 aromatic carbocycles. The van der Waals surface area contributed by atoms with E-state index in [0.29, 0.717) is 26.4 Å². The Labute approximate surface area is 108 Å². The lowest BCUT2D eigenvalue weighted by molar-refractivity contribution is -0.318. The lowest BCUT2D eigenvalue weighted by Gasteiger charge is -2.21. The molecule has 1 rings (SSSR count). The first-order chi connectivity index (χ1) is 8.60. The van der Waals surface area contributed by atoms with Gasteiger partial charge in [-0.2, -0.15) is 0 Å². The molecular weight excluding hydrogens is 232 g/mol. The van der Waals surface area contributed by atoms with E-state index in [1.807, 2.05) is 45.0 Å². The van der Waals surface area contributed by atoms with Crippen molar-refractivity contribution in [2.24, 2.45) is 0 Å². The summed E-state index contributed by atoms with van der Waals surface area (Å²) in [6, 6.07) is 7.80. The number of benzene rings is 1. The monoisotopic (exact) mass is 254 g/mol. The van der Waals surface area contributed by atoms with Gasteiger partial charge in [0.1, 0.15) is 5.60 Å². The number of hydrogen-bond donors (Lipinski definition) is 1. The van der Waals surface area contributed by atoms with E-state index in [-0.39, 0.29) is 0 Å². The zero-order chi connectivity index (χ0) is 13.4. The number of hydrogen-bond acceptors (Lipinski definition) is 4. The summed E-state index contributed by atoms with van der Waals surface area (Å²) in [6.07, 6.45) is 0. The molecule has 0 aliphatic carbocycles. The Morgan fingerprint density at radius 1 is 1.17 bits per heavy atom. The van der Waals surface area contributed by atoms with Crippen LogP contribution in [0, 0.1) is 0 Å². The summed E-state index contributed by atoms with van der Waals surface area (Å²) in [7, 11) is 0. The topological polar surface area (TPSA) is 47.9 Å². The summed E-state index contributed by atoms with van der Waals surface area (Å²) in [5.74, 6) is 0. The highest BCUT2D eigenvalue weighted by Crippen LogP contribution is 2.24. The van der Waals surface area contributed by atoms with Gasteiger partial charge in [-0.25, -0.2) is 4.89 Å². The molecule has 0 bridgehead atoms. The molecule has 18 heavy (non-hydrogen) atoms. The summed E-state index contributed by atoms with van der Waals surface area (Å²) >= 11 is 0. The molecule has 0 radical (unpaired) electrons. The third kappa shape index (κ3) is 4.74. The van der Waals surface area contributed by atoms with Crippen LogP contribution in [0.1, 0.15) is 31.9 Å². The molecule has 0 aliphatic rings. The Bertz CT molecular complexity index is 349. The molecule has 0 fully saturated rings. The molecule has 0 aliphatic heterocycles. The largest absolute Gasteiger partial charge is 0.379 e. The van der Waals surface area contributed by atoms with E-state index in [2.05, 4.69) is 4.89 Å². The van der Waals surface area contributed by atoms with Crippen LogP contribution in [-0.4, -0.2) is 25.1 Å². The third-order valence-electron chi connectivity index (χ3n) is 2.70. The quantitative estimate of drug-likeness (QED) is 0.440. The number of ether oxygens (including phenoxy) is 2. The SMILES string of the molecule is CCOCCOCc1cccc(C(C)(C)OO)c1. The first-order valence-electron chi connectivity index (χ1n) is 6.17. The average Bonchev–Trinajstić information content (AvgIpc) is 2.39. The van der Waals surface area contributed by atoms with Crippen molar-refractivity contribution >= 4 is 0 Å². The minimum absolute atomic E-state index is 0.530. The van der Waals surface area contributed by atoms with E-state index in [9.17, 15) is 0 Å². The summed E-state index contributed by atoms with van der Waals surface area (Å²) in [5.41, 5.74) is 1.26. The first kappa shape index (κ1) is 15.1. The third-order valence-corrected chi connectivity index (χ3v) is 2.70. The summed E-state index contributed by atoms with van der Waals surface area (Å²) < 4.78 is 10.7. The average molecular weight is 254 g/mol. The van der Waals surface area contributed by atoms with E-state index in [0.717, 1.165) is 11.1 Å². The Morgan fingerprint density at radius 3 is 2.56 bits per heavy atom. The van der Waals surface area contributed by atoms with Gasteiger partial charge in [0.2, 0.25) is 0 Å². The number of rotatable bonds is 8. The highest BCUT2D eigenvalue weighted by molar-refractivity contribution is 5.27. The molecule has 0 atom stereocenters. The zero-order valence-corrected chi connectivity index (χ0v) is 11.3. The minimum atomic E-state index is -0.707. The van der Waals surface area contributed by atoms with E-state index in [1.165, 1.54) is 0 Å². The summed E-state index contributed by atoms with van der Waals surface area (Å²) in [4.78, 5) is 4.48. The lowest BCUT2D eigenvalue weighted by atomic mass is 9.97. The zero-order valence-electron chi connectivity index (χ0n) is 11.3. The maximum Gasteiger partial charge on any atom is 0.123 e. The van der Waals surface area contributed by atoms with Crippen LogP contribution in [0.3, 0.4) is 0 Å². The first-order valence-corrected chi connectivity index (χ1v) is 6.17. The Balaban J connectivity index is 2.50. The molecule has 1 N–H and O–H groups in total. The fraction of sp³-hybridized carbons (Fsp3) is 0.571. The van der Waals surface area contributed by atoms with Crippen LogP contribution in [-0.2, 0) is 26.6 Å². The van der Waals surface area contributed by atoms with Crippen LogP contribution in [0.25, 0.3) is 0 Å². The fourth-order valence-corrected chi connectivity index (χ4v) is 1.54. The second-order valence-corrected chi connectivity index (χ2v) is 4.55. The molecular formula is C14H22O4. The van der Waals surface area contributed by atoms with Crippen molar-refractivity contribution in [3.05, 3.63) is 35.4 Å². The van der Waals surface area contributed by atoms with Gasteiger partial charge in [0.05, 0.1) is 19.8 Å². The van der Waals surface area contributed by atoms with Gasteiger partial charge in [-0.3, -0.25) is 5.26 Å². The van der Waals surface area contributed by atoms with Crippen molar-refractivity contribution in [3.8, 4) is 0 Å². The molecule has 0 spiro atoms. The van der Waals surface area contributed by atoms with E-state index in [4.69, 9.17) is 14.7 Å². The molecule has 0 amide bonds. The van der Waals surface area contributed by atoms with Crippen molar-refractivity contribution in [2.45, 2.75) is 33.0 Å². The summed E-state index contributed by atoms with van der Waals surface area (Å²) in [5, 5.41) is 8.86. The van der Waals surface area contributed by atoms with Crippen molar-refractivity contribution in [1.29, 1.82) is 0 Å². The van der Waals surface area contributed by atoms with E-state index >= 15 is 0 Å². The smallest absolute Gasteiger partial charge is 0.123 e. The predicted molar refractivity (Wildman–Crippen MR) is 69.3 cm³/mol. The second-order valence-electron chi connectivity index (χ2n) is 4.55. The van der Waals surface area contributed by atoms with Gasteiger partial charge in [-0.05, 0) is 31.9 Å². The highest BCUT2D eigenvalue weighted by Gasteiger charge is 2.21. The minimum Gasteiger partial charge on any atom is -0.379 e. The maximum absolute atomic E-state index is 8.86. The van der Waals surface area contributed by atoms with Gasteiger partial charge in [0.15, 0.2) is 0 Å². The molecule has 4 nitrogen and oxygen atoms in total. The molecule has 1 aromatic rings.